The first kappa shape index (κ1) is 15.5. The zero-order valence-corrected chi connectivity index (χ0v) is 13.2. The van der Waals surface area contributed by atoms with Crippen molar-refractivity contribution in [1.29, 1.82) is 0 Å². The summed E-state index contributed by atoms with van der Waals surface area (Å²) >= 11 is 0. The molecule has 5 heteroatoms. The molecule has 1 saturated heterocycles. The second-order valence-electron chi connectivity index (χ2n) is 5.82. The summed E-state index contributed by atoms with van der Waals surface area (Å²) in [7, 11) is 3.22. The van der Waals surface area contributed by atoms with Crippen molar-refractivity contribution in [3.63, 3.8) is 0 Å². The van der Waals surface area contributed by atoms with Crippen LogP contribution in [0.25, 0.3) is 0 Å². The molecule has 1 heterocycles. The summed E-state index contributed by atoms with van der Waals surface area (Å²) in [6.07, 6.45) is 2.18. The number of hydrogen-bond donors (Lipinski definition) is 1. The molecule has 0 aromatic heterocycles. The largest absolute Gasteiger partial charge is 0.493 e. The van der Waals surface area contributed by atoms with Crippen LogP contribution in [0.15, 0.2) is 18.2 Å². The Morgan fingerprint density at radius 3 is 2.33 bits per heavy atom. The Hall–Kier alpha value is -1.91. The molecular formula is C16H24N2O3. The maximum absolute atomic E-state index is 12.3. The van der Waals surface area contributed by atoms with Gasteiger partial charge in [0.15, 0.2) is 11.5 Å². The number of benzene rings is 1. The molecule has 0 bridgehead atoms. The Morgan fingerprint density at radius 2 is 1.76 bits per heavy atom. The molecule has 0 spiro atoms. The van der Waals surface area contributed by atoms with Gasteiger partial charge in [-0.1, -0.05) is 6.07 Å². The van der Waals surface area contributed by atoms with E-state index in [2.05, 4.69) is 5.32 Å². The van der Waals surface area contributed by atoms with E-state index in [4.69, 9.17) is 9.47 Å². The number of amides is 2. The van der Waals surface area contributed by atoms with E-state index < -0.39 is 5.54 Å². The molecule has 0 aliphatic carbocycles. The number of nitrogens with zero attached hydrogens (tertiary/aromatic N) is 1. The molecule has 1 N–H and O–H groups in total. The highest BCUT2D eigenvalue weighted by molar-refractivity contribution is 5.75. The number of rotatable bonds is 4. The van der Waals surface area contributed by atoms with Crippen molar-refractivity contribution >= 4 is 6.03 Å². The number of carbonyl (C=O) groups is 1. The third-order valence-electron chi connectivity index (χ3n) is 3.92. The van der Waals surface area contributed by atoms with Gasteiger partial charge in [-0.2, -0.15) is 0 Å². The van der Waals surface area contributed by atoms with E-state index in [1.54, 1.807) is 14.2 Å². The minimum absolute atomic E-state index is 0.00714. The molecule has 1 aromatic rings. The van der Waals surface area contributed by atoms with Gasteiger partial charge in [-0.3, -0.25) is 0 Å². The Morgan fingerprint density at radius 1 is 1.14 bits per heavy atom. The second kappa shape index (κ2) is 6.24. The summed E-state index contributed by atoms with van der Waals surface area (Å²) in [6.45, 7) is 5.66. The number of ether oxygens (including phenoxy) is 2. The predicted molar refractivity (Wildman–Crippen MR) is 81.9 cm³/mol. The normalized spacial score (nSPS) is 15.0. The van der Waals surface area contributed by atoms with Crippen LogP contribution in [0.5, 0.6) is 11.5 Å². The summed E-state index contributed by atoms with van der Waals surface area (Å²) in [5.41, 5.74) is 0.506. The monoisotopic (exact) mass is 292 g/mol. The quantitative estimate of drug-likeness (QED) is 0.928. The van der Waals surface area contributed by atoms with Gasteiger partial charge in [0.2, 0.25) is 0 Å². The van der Waals surface area contributed by atoms with Gasteiger partial charge in [0.1, 0.15) is 0 Å². The molecule has 1 aromatic carbocycles. The van der Waals surface area contributed by atoms with Crippen LogP contribution >= 0.6 is 0 Å². The van der Waals surface area contributed by atoms with E-state index in [-0.39, 0.29) is 6.03 Å². The van der Waals surface area contributed by atoms with Crippen LogP contribution in [0.2, 0.25) is 0 Å². The van der Waals surface area contributed by atoms with Crippen molar-refractivity contribution < 1.29 is 14.3 Å². The van der Waals surface area contributed by atoms with Crippen molar-refractivity contribution in [1.82, 2.24) is 10.2 Å². The number of hydrogen-bond acceptors (Lipinski definition) is 3. The molecule has 2 amide bonds. The lowest BCUT2D eigenvalue weighted by Gasteiger charge is -2.30. The third kappa shape index (κ3) is 3.40. The molecule has 1 aliphatic heterocycles. The predicted octanol–water partition coefficient (Wildman–Crippen LogP) is 2.74. The van der Waals surface area contributed by atoms with Gasteiger partial charge in [0, 0.05) is 13.1 Å². The van der Waals surface area contributed by atoms with Gasteiger partial charge in [0.05, 0.1) is 19.8 Å². The van der Waals surface area contributed by atoms with Gasteiger partial charge in [-0.15, -0.1) is 0 Å². The molecule has 5 nitrogen and oxygen atoms in total. The summed E-state index contributed by atoms with van der Waals surface area (Å²) in [4.78, 5) is 14.1. The van der Waals surface area contributed by atoms with E-state index in [0.29, 0.717) is 11.5 Å². The first-order valence-corrected chi connectivity index (χ1v) is 7.27. The molecule has 0 atom stereocenters. The second-order valence-corrected chi connectivity index (χ2v) is 5.82. The minimum atomic E-state index is -0.473. The van der Waals surface area contributed by atoms with Crippen LogP contribution in [-0.4, -0.2) is 38.2 Å². The molecule has 21 heavy (non-hydrogen) atoms. The van der Waals surface area contributed by atoms with E-state index in [1.165, 1.54) is 0 Å². The highest BCUT2D eigenvalue weighted by atomic mass is 16.5. The first-order valence-electron chi connectivity index (χ1n) is 7.27. The van der Waals surface area contributed by atoms with E-state index in [0.717, 1.165) is 31.5 Å². The van der Waals surface area contributed by atoms with Gasteiger partial charge in [0.25, 0.3) is 0 Å². The van der Waals surface area contributed by atoms with Gasteiger partial charge < -0.3 is 19.7 Å². The van der Waals surface area contributed by atoms with Crippen LogP contribution in [0.4, 0.5) is 4.79 Å². The Kier molecular flexibility index (Phi) is 4.60. The lowest BCUT2D eigenvalue weighted by atomic mass is 9.94. The zero-order chi connectivity index (χ0) is 15.5. The third-order valence-corrected chi connectivity index (χ3v) is 3.92. The van der Waals surface area contributed by atoms with Gasteiger partial charge in [-0.05, 0) is 44.4 Å². The Bertz CT molecular complexity index is 508. The average molecular weight is 292 g/mol. The van der Waals surface area contributed by atoms with Crippen LogP contribution in [0, 0.1) is 0 Å². The van der Waals surface area contributed by atoms with Crippen molar-refractivity contribution in [2.24, 2.45) is 0 Å². The molecule has 0 radical (unpaired) electrons. The highest BCUT2D eigenvalue weighted by Crippen LogP contribution is 2.32. The van der Waals surface area contributed by atoms with Crippen LogP contribution in [0.1, 0.15) is 32.3 Å². The zero-order valence-electron chi connectivity index (χ0n) is 13.2. The van der Waals surface area contributed by atoms with Crippen LogP contribution < -0.4 is 14.8 Å². The number of carbonyl (C=O) groups excluding carboxylic acids is 1. The van der Waals surface area contributed by atoms with E-state index >= 15 is 0 Å². The fraction of sp³-hybridized carbons (Fsp3) is 0.562. The number of methoxy groups -OCH3 is 2. The van der Waals surface area contributed by atoms with Crippen molar-refractivity contribution in [2.45, 2.75) is 32.2 Å². The number of nitrogens with one attached hydrogen (secondary N) is 1. The number of likely N-dealkylation sites (tertiary alicyclic amines) is 1. The lowest BCUT2D eigenvalue weighted by Crippen LogP contribution is -2.47. The van der Waals surface area contributed by atoms with Crippen LogP contribution in [0.3, 0.4) is 0 Å². The van der Waals surface area contributed by atoms with Gasteiger partial charge in [-0.25, -0.2) is 4.79 Å². The topological polar surface area (TPSA) is 50.8 Å². The smallest absolute Gasteiger partial charge is 0.318 e. The molecule has 116 valence electrons. The molecule has 2 rings (SSSR count). The van der Waals surface area contributed by atoms with Gasteiger partial charge >= 0.3 is 6.03 Å². The molecule has 0 unspecified atom stereocenters. The van der Waals surface area contributed by atoms with Crippen LogP contribution in [-0.2, 0) is 5.54 Å². The standard InChI is InChI=1S/C16H24N2O3/c1-16(2,17-15(19)18-9-5-6-10-18)12-7-8-13(20-3)14(11-12)21-4/h7-8,11H,5-6,9-10H2,1-4H3,(H,17,19). The van der Waals surface area contributed by atoms with E-state index in [9.17, 15) is 4.79 Å². The first-order chi connectivity index (χ1) is 9.97. The van der Waals surface area contributed by atoms with Crippen molar-refractivity contribution in [3.05, 3.63) is 23.8 Å². The molecule has 1 fully saturated rings. The van der Waals surface area contributed by atoms with E-state index in [1.807, 2.05) is 36.9 Å². The Balaban J connectivity index is 2.16. The SMILES string of the molecule is COc1ccc(C(C)(C)NC(=O)N2CCCC2)cc1OC. The summed E-state index contributed by atoms with van der Waals surface area (Å²) < 4.78 is 10.6. The molecule has 0 saturated carbocycles. The maximum atomic E-state index is 12.3. The fourth-order valence-corrected chi connectivity index (χ4v) is 2.56. The summed E-state index contributed by atoms with van der Waals surface area (Å²) in [5, 5.41) is 3.09. The number of urea groups is 1. The minimum Gasteiger partial charge on any atom is -0.493 e. The average Bonchev–Trinajstić information content (AvgIpc) is 3.00. The molecule has 1 aliphatic rings. The highest BCUT2D eigenvalue weighted by Gasteiger charge is 2.27. The lowest BCUT2D eigenvalue weighted by molar-refractivity contribution is 0.197. The summed E-state index contributed by atoms with van der Waals surface area (Å²) in [6, 6.07) is 5.71. The molecular weight excluding hydrogens is 268 g/mol. The maximum Gasteiger partial charge on any atom is 0.318 e. The van der Waals surface area contributed by atoms with Crippen molar-refractivity contribution in [3.8, 4) is 11.5 Å². The summed E-state index contributed by atoms with van der Waals surface area (Å²) in [5.74, 6) is 1.35. The fourth-order valence-electron chi connectivity index (χ4n) is 2.56. The Labute approximate surface area is 126 Å². The van der Waals surface area contributed by atoms with Crippen molar-refractivity contribution in [2.75, 3.05) is 27.3 Å².